The first kappa shape index (κ1) is 20.9. The number of anilines is 2. The molecule has 1 aromatic heterocycles. The van der Waals surface area contributed by atoms with Gasteiger partial charge in [-0.2, -0.15) is 0 Å². The molecule has 162 valence electrons. The van der Waals surface area contributed by atoms with Crippen LogP contribution in [0.25, 0.3) is 10.8 Å². The number of ether oxygens (including phenoxy) is 2. The topological polar surface area (TPSA) is 103 Å². The largest absolute Gasteiger partial charge is 0.495 e. The van der Waals surface area contributed by atoms with Crippen molar-refractivity contribution in [1.29, 1.82) is 0 Å². The lowest BCUT2D eigenvalue weighted by Crippen LogP contribution is -2.22. The van der Waals surface area contributed by atoms with Crippen molar-refractivity contribution in [2.24, 2.45) is 0 Å². The van der Waals surface area contributed by atoms with E-state index >= 15 is 0 Å². The molecule has 0 bridgehead atoms. The summed E-state index contributed by atoms with van der Waals surface area (Å²) in [6.45, 7) is 1.42. The number of benzene rings is 3. The molecule has 4 aromatic rings. The smallest absolute Gasteiger partial charge is 0.263 e. The lowest BCUT2D eigenvalue weighted by Gasteiger charge is -2.14. The van der Waals surface area contributed by atoms with E-state index < -0.39 is 5.91 Å². The highest BCUT2D eigenvalue weighted by atomic mass is 16.5. The van der Waals surface area contributed by atoms with Gasteiger partial charge in [0.25, 0.3) is 11.8 Å². The molecule has 32 heavy (non-hydrogen) atoms. The van der Waals surface area contributed by atoms with E-state index in [4.69, 9.17) is 14.0 Å². The average Bonchev–Trinajstić information content (AvgIpc) is 3.21. The molecule has 0 atom stereocenters. The average molecular weight is 431 g/mol. The van der Waals surface area contributed by atoms with Crippen LogP contribution in [0, 0.1) is 6.92 Å². The molecule has 0 aliphatic heterocycles. The number of hydrogen-bond donors (Lipinski definition) is 2. The minimum Gasteiger partial charge on any atom is -0.495 e. The Bertz CT molecular complexity index is 1280. The molecule has 8 nitrogen and oxygen atoms in total. The quantitative estimate of drug-likeness (QED) is 0.449. The Morgan fingerprint density at radius 2 is 1.66 bits per heavy atom. The summed E-state index contributed by atoms with van der Waals surface area (Å²) in [5.74, 6) is 0.870. The minimum atomic E-state index is -0.428. The van der Waals surface area contributed by atoms with Crippen LogP contribution in [-0.4, -0.2) is 30.7 Å². The van der Waals surface area contributed by atoms with Gasteiger partial charge < -0.3 is 24.6 Å². The van der Waals surface area contributed by atoms with Gasteiger partial charge in [0, 0.05) is 6.07 Å². The first-order chi connectivity index (χ1) is 15.5. The Balaban J connectivity index is 1.58. The summed E-state index contributed by atoms with van der Waals surface area (Å²) in [4.78, 5) is 25.4. The molecule has 0 aliphatic carbocycles. The van der Waals surface area contributed by atoms with Gasteiger partial charge >= 0.3 is 0 Å². The van der Waals surface area contributed by atoms with E-state index in [0.29, 0.717) is 28.6 Å². The van der Waals surface area contributed by atoms with Crippen LogP contribution >= 0.6 is 0 Å². The molecule has 0 unspecified atom stereocenters. The third-order valence-corrected chi connectivity index (χ3v) is 4.70. The molecule has 0 aliphatic rings. The maximum atomic E-state index is 13.1. The zero-order valence-corrected chi connectivity index (χ0v) is 17.5. The van der Waals surface area contributed by atoms with E-state index in [-0.39, 0.29) is 18.3 Å². The van der Waals surface area contributed by atoms with Crippen molar-refractivity contribution >= 4 is 34.1 Å². The molecular formula is C24H21N3O5. The Hall–Kier alpha value is -4.33. The molecule has 4 rings (SSSR count). The number of fused-ring (bicyclic) bond motifs is 1. The lowest BCUT2D eigenvalue weighted by molar-refractivity contribution is -0.118. The standard InChI is InChI=1S/C24H21N3O5/c1-15-11-22(27-32-15)26-23(28)14-31-21-13-17-8-4-3-7-16(17)12-18(21)24(29)25-19-9-5-6-10-20(19)30-2/h3-13H,14H2,1-2H3,(H,25,29)(H,26,27,28). The van der Waals surface area contributed by atoms with Gasteiger partial charge in [-0.15, -0.1) is 0 Å². The minimum absolute atomic E-state index is 0.280. The van der Waals surface area contributed by atoms with Crippen LogP contribution in [-0.2, 0) is 4.79 Å². The van der Waals surface area contributed by atoms with Crippen molar-refractivity contribution in [2.45, 2.75) is 6.92 Å². The van der Waals surface area contributed by atoms with Gasteiger partial charge in [-0.3, -0.25) is 9.59 Å². The highest BCUT2D eigenvalue weighted by molar-refractivity contribution is 6.09. The number of carbonyl (C=O) groups excluding carboxylic acids is 2. The second-order valence-corrected chi connectivity index (χ2v) is 7.01. The van der Waals surface area contributed by atoms with E-state index in [1.165, 1.54) is 7.11 Å². The SMILES string of the molecule is COc1ccccc1NC(=O)c1cc2ccccc2cc1OCC(=O)Nc1cc(C)on1. The summed E-state index contributed by atoms with van der Waals surface area (Å²) in [5.41, 5.74) is 0.818. The van der Waals surface area contributed by atoms with Crippen LogP contribution in [0.1, 0.15) is 16.1 Å². The first-order valence-corrected chi connectivity index (χ1v) is 9.86. The highest BCUT2D eigenvalue weighted by Gasteiger charge is 2.17. The van der Waals surface area contributed by atoms with Crippen LogP contribution in [0.4, 0.5) is 11.5 Å². The Kier molecular flexibility index (Phi) is 6.03. The van der Waals surface area contributed by atoms with Gasteiger partial charge in [-0.05, 0) is 42.0 Å². The molecule has 0 spiro atoms. The van der Waals surface area contributed by atoms with Crippen LogP contribution in [0.15, 0.2) is 71.3 Å². The maximum absolute atomic E-state index is 13.1. The highest BCUT2D eigenvalue weighted by Crippen LogP contribution is 2.29. The molecule has 1 heterocycles. The number of nitrogens with one attached hydrogen (secondary N) is 2. The predicted octanol–water partition coefficient (Wildman–Crippen LogP) is 4.41. The fourth-order valence-electron chi connectivity index (χ4n) is 3.20. The van der Waals surface area contributed by atoms with Gasteiger partial charge in [-0.1, -0.05) is 41.6 Å². The second kappa shape index (κ2) is 9.22. The van der Waals surface area contributed by atoms with E-state index in [1.807, 2.05) is 30.3 Å². The summed E-state index contributed by atoms with van der Waals surface area (Å²) in [6.07, 6.45) is 0. The van der Waals surface area contributed by atoms with Crippen LogP contribution in [0.5, 0.6) is 11.5 Å². The van der Waals surface area contributed by atoms with Crippen molar-refractivity contribution in [3.8, 4) is 11.5 Å². The van der Waals surface area contributed by atoms with Crippen molar-refractivity contribution in [1.82, 2.24) is 5.16 Å². The zero-order chi connectivity index (χ0) is 22.5. The van der Waals surface area contributed by atoms with Crippen molar-refractivity contribution in [3.05, 3.63) is 78.1 Å². The maximum Gasteiger partial charge on any atom is 0.263 e. The van der Waals surface area contributed by atoms with E-state index in [9.17, 15) is 9.59 Å². The molecule has 0 radical (unpaired) electrons. The summed E-state index contributed by atoms with van der Waals surface area (Å²) in [7, 11) is 1.53. The summed E-state index contributed by atoms with van der Waals surface area (Å²) in [6, 6.07) is 19.8. The Morgan fingerprint density at radius 3 is 2.38 bits per heavy atom. The number of aryl methyl sites for hydroxylation is 1. The van der Waals surface area contributed by atoms with E-state index in [1.54, 1.807) is 43.3 Å². The molecule has 3 aromatic carbocycles. The molecule has 2 N–H and O–H groups in total. The number of hydrogen-bond acceptors (Lipinski definition) is 6. The van der Waals surface area contributed by atoms with Crippen LogP contribution < -0.4 is 20.1 Å². The molecule has 2 amide bonds. The van der Waals surface area contributed by atoms with Gasteiger partial charge in [0.2, 0.25) is 0 Å². The van der Waals surface area contributed by atoms with Crippen LogP contribution in [0.3, 0.4) is 0 Å². The van der Waals surface area contributed by atoms with Gasteiger partial charge in [0.1, 0.15) is 17.3 Å². The number of para-hydroxylation sites is 2. The summed E-state index contributed by atoms with van der Waals surface area (Å²) < 4.78 is 16.0. The zero-order valence-electron chi connectivity index (χ0n) is 17.5. The second-order valence-electron chi connectivity index (χ2n) is 7.01. The van der Waals surface area contributed by atoms with E-state index in [2.05, 4.69) is 15.8 Å². The number of amides is 2. The molecule has 0 saturated carbocycles. The first-order valence-electron chi connectivity index (χ1n) is 9.86. The number of rotatable bonds is 7. The molecule has 0 fully saturated rings. The Labute approximate surface area is 184 Å². The third kappa shape index (κ3) is 4.70. The molecule has 8 heteroatoms. The van der Waals surface area contributed by atoms with Crippen molar-refractivity contribution in [2.75, 3.05) is 24.4 Å². The molecule has 0 saturated heterocycles. The fraction of sp³-hybridized carbons (Fsp3) is 0.125. The number of nitrogens with zero attached hydrogens (tertiary/aromatic N) is 1. The summed E-state index contributed by atoms with van der Waals surface area (Å²) >= 11 is 0. The summed E-state index contributed by atoms with van der Waals surface area (Å²) in [5, 5.41) is 10.9. The van der Waals surface area contributed by atoms with Gasteiger partial charge in [0.15, 0.2) is 12.4 Å². The number of methoxy groups -OCH3 is 1. The number of aromatic nitrogens is 1. The monoisotopic (exact) mass is 431 g/mol. The van der Waals surface area contributed by atoms with Crippen molar-refractivity contribution < 1.29 is 23.6 Å². The lowest BCUT2D eigenvalue weighted by atomic mass is 10.1. The van der Waals surface area contributed by atoms with Gasteiger partial charge in [0.05, 0.1) is 18.4 Å². The van der Waals surface area contributed by atoms with Gasteiger partial charge in [-0.25, -0.2) is 0 Å². The fourth-order valence-corrected chi connectivity index (χ4v) is 3.20. The number of carbonyl (C=O) groups is 2. The van der Waals surface area contributed by atoms with E-state index in [0.717, 1.165) is 10.8 Å². The Morgan fingerprint density at radius 1 is 0.938 bits per heavy atom. The molecular weight excluding hydrogens is 410 g/mol. The normalized spacial score (nSPS) is 10.6. The van der Waals surface area contributed by atoms with Crippen molar-refractivity contribution in [3.63, 3.8) is 0 Å². The predicted molar refractivity (Wildman–Crippen MR) is 120 cm³/mol. The third-order valence-electron chi connectivity index (χ3n) is 4.70. The van der Waals surface area contributed by atoms with Crippen LogP contribution in [0.2, 0.25) is 0 Å².